The van der Waals surface area contributed by atoms with Crippen LogP contribution in [0.15, 0.2) is 48.9 Å². The first-order valence-corrected chi connectivity index (χ1v) is 8.97. The van der Waals surface area contributed by atoms with E-state index in [4.69, 9.17) is 0 Å². The van der Waals surface area contributed by atoms with Gasteiger partial charge in [0, 0.05) is 24.6 Å². The number of aromatic nitrogens is 2. The van der Waals surface area contributed by atoms with Crippen molar-refractivity contribution in [2.45, 2.75) is 37.8 Å². The van der Waals surface area contributed by atoms with Crippen molar-refractivity contribution in [3.63, 3.8) is 0 Å². The summed E-state index contributed by atoms with van der Waals surface area (Å²) in [6.45, 7) is 2.43. The monoisotopic (exact) mass is 324 g/mol. The van der Waals surface area contributed by atoms with E-state index >= 15 is 0 Å². The second-order valence-corrected chi connectivity index (χ2v) is 6.82. The lowest BCUT2D eigenvalue weighted by atomic mass is 10.1. The van der Waals surface area contributed by atoms with Gasteiger partial charge in [-0.15, -0.1) is 0 Å². The minimum atomic E-state index is 0.561. The van der Waals surface area contributed by atoms with Gasteiger partial charge in [-0.05, 0) is 76.6 Å². The summed E-state index contributed by atoms with van der Waals surface area (Å²) in [5.41, 5.74) is 2.58. The molecule has 1 unspecified atom stereocenters. The topological polar surface area (TPSA) is 32.3 Å². The second-order valence-electron chi connectivity index (χ2n) is 6.82. The van der Waals surface area contributed by atoms with Gasteiger partial charge in [0.15, 0.2) is 0 Å². The van der Waals surface area contributed by atoms with E-state index in [0.717, 1.165) is 0 Å². The van der Waals surface area contributed by atoms with Crippen LogP contribution < -0.4 is 0 Å². The predicted octanol–water partition coefficient (Wildman–Crippen LogP) is 3.70. The molecule has 2 aromatic rings. The molecule has 0 bridgehead atoms. The molecular weight excluding hydrogens is 296 g/mol. The molecule has 2 saturated heterocycles. The van der Waals surface area contributed by atoms with Crippen LogP contribution in [0.1, 0.15) is 49.0 Å². The van der Waals surface area contributed by atoms with Gasteiger partial charge in [0.05, 0.1) is 11.7 Å². The molecule has 0 aromatic carbocycles. The van der Waals surface area contributed by atoms with Crippen LogP contribution in [-0.4, -0.2) is 47.0 Å². The quantitative estimate of drug-likeness (QED) is 0.843. The molecule has 0 N–H and O–H groups in total. The van der Waals surface area contributed by atoms with E-state index in [-0.39, 0.29) is 0 Å². The zero-order valence-electron chi connectivity index (χ0n) is 14.8. The van der Waals surface area contributed by atoms with Gasteiger partial charge < -0.3 is 0 Å². The molecule has 24 heavy (non-hydrogen) atoms. The fraction of sp³-hybridized carbons (Fsp3) is 0.500. The minimum Gasteiger partial charge on any atom is -0.299 e. The lowest BCUT2D eigenvalue weighted by Crippen LogP contribution is -2.18. The minimum absolute atomic E-state index is 0.561. The summed E-state index contributed by atoms with van der Waals surface area (Å²) in [6.07, 6.45) is 10.8. The molecular formula is C20H28N4. The number of hydrogen-bond acceptors (Lipinski definition) is 4. The molecule has 0 amide bonds. The zero-order chi connectivity index (χ0) is 16.8. The number of likely N-dealkylation sites (tertiary alicyclic amines) is 2. The third kappa shape index (κ3) is 4.19. The van der Waals surface area contributed by atoms with Crippen LogP contribution in [0.3, 0.4) is 0 Å². The summed E-state index contributed by atoms with van der Waals surface area (Å²) in [7, 11) is 4.36. The molecule has 4 heteroatoms. The summed E-state index contributed by atoms with van der Waals surface area (Å²) in [4.78, 5) is 13.3. The van der Waals surface area contributed by atoms with Crippen LogP contribution in [0.4, 0.5) is 0 Å². The Bertz CT molecular complexity index is 546. The molecule has 2 aromatic heterocycles. The van der Waals surface area contributed by atoms with Crippen molar-refractivity contribution in [2.24, 2.45) is 0 Å². The number of rotatable bonds is 2. The van der Waals surface area contributed by atoms with E-state index in [2.05, 4.69) is 52.1 Å². The maximum Gasteiger partial charge on any atom is 0.0575 e. The standard InChI is InChI=1S/2C10H14N2/c1-12-7-3-5-10(12)9-4-2-6-11-8-9;1-12-8-4-6-10(12)9-5-2-3-7-11-9/h2,4,6,8,10H,3,5,7H2,1H3;2-3,5,7,10H,4,6,8H2,1H3/t10-;/m0./s1. The molecule has 4 heterocycles. The zero-order valence-corrected chi connectivity index (χ0v) is 14.8. The molecule has 0 spiro atoms. The average molecular weight is 324 g/mol. The van der Waals surface area contributed by atoms with Crippen LogP contribution in [0, 0.1) is 0 Å². The molecule has 128 valence electrons. The molecule has 2 aliphatic rings. The van der Waals surface area contributed by atoms with E-state index in [1.165, 1.54) is 50.0 Å². The third-order valence-corrected chi connectivity index (χ3v) is 5.14. The third-order valence-electron chi connectivity index (χ3n) is 5.14. The summed E-state index contributed by atoms with van der Waals surface area (Å²) in [5, 5.41) is 0. The van der Waals surface area contributed by atoms with Gasteiger partial charge in [-0.1, -0.05) is 12.1 Å². The van der Waals surface area contributed by atoms with Crippen LogP contribution in [0.25, 0.3) is 0 Å². The fourth-order valence-electron chi connectivity index (χ4n) is 3.76. The van der Waals surface area contributed by atoms with E-state index < -0.39 is 0 Å². The number of pyridine rings is 2. The first kappa shape index (κ1) is 17.1. The Hall–Kier alpha value is -1.78. The van der Waals surface area contributed by atoms with Gasteiger partial charge in [-0.3, -0.25) is 19.8 Å². The van der Waals surface area contributed by atoms with Gasteiger partial charge in [-0.2, -0.15) is 0 Å². The second kappa shape index (κ2) is 8.36. The summed E-state index contributed by atoms with van der Waals surface area (Å²) in [5.74, 6) is 0. The van der Waals surface area contributed by atoms with Crippen molar-refractivity contribution in [3.8, 4) is 0 Å². The highest BCUT2D eigenvalue weighted by molar-refractivity contribution is 5.15. The van der Waals surface area contributed by atoms with Crippen molar-refractivity contribution >= 4 is 0 Å². The van der Waals surface area contributed by atoms with Gasteiger partial charge in [-0.25, -0.2) is 0 Å². The fourth-order valence-corrected chi connectivity index (χ4v) is 3.76. The smallest absolute Gasteiger partial charge is 0.0575 e. The molecule has 0 radical (unpaired) electrons. The molecule has 0 saturated carbocycles. The van der Waals surface area contributed by atoms with Crippen molar-refractivity contribution in [1.82, 2.24) is 19.8 Å². The summed E-state index contributed by atoms with van der Waals surface area (Å²) in [6, 6.07) is 11.5. The Morgan fingerprint density at radius 2 is 1.62 bits per heavy atom. The molecule has 2 fully saturated rings. The van der Waals surface area contributed by atoms with Crippen molar-refractivity contribution in [3.05, 3.63) is 60.2 Å². The Balaban J connectivity index is 0.000000141. The summed E-state index contributed by atoms with van der Waals surface area (Å²) >= 11 is 0. The normalized spacial score (nSPS) is 24.6. The molecule has 2 atom stereocenters. The van der Waals surface area contributed by atoms with Gasteiger partial charge in [0.1, 0.15) is 0 Å². The highest BCUT2D eigenvalue weighted by atomic mass is 15.2. The highest BCUT2D eigenvalue weighted by Gasteiger charge is 2.23. The van der Waals surface area contributed by atoms with E-state index in [0.29, 0.717) is 12.1 Å². The van der Waals surface area contributed by atoms with Gasteiger partial charge in [0.2, 0.25) is 0 Å². The first-order chi connectivity index (χ1) is 11.8. The SMILES string of the molecule is CN1CCCC1c1ccccn1.CN1CCC[C@H]1c1cccnc1. The van der Waals surface area contributed by atoms with E-state index in [1.807, 2.05) is 30.7 Å². The predicted molar refractivity (Wildman–Crippen MR) is 97.7 cm³/mol. The Kier molecular flexibility index (Phi) is 5.94. The first-order valence-electron chi connectivity index (χ1n) is 8.97. The average Bonchev–Trinajstić information content (AvgIpc) is 3.25. The largest absolute Gasteiger partial charge is 0.299 e. The Morgan fingerprint density at radius 1 is 0.875 bits per heavy atom. The number of nitrogens with zero attached hydrogens (tertiary/aromatic N) is 4. The molecule has 2 aliphatic heterocycles. The van der Waals surface area contributed by atoms with Gasteiger partial charge >= 0.3 is 0 Å². The lowest BCUT2D eigenvalue weighted by Gasteiger charge is -2.18. The van der Waals surface area contributed by atoms with Crippen molar-refractivity contribution in [1.29, 1.82) is 0 Å². The Labute approximate surface area is 145 Å². The maximum absolute atomic E-state index is 4.37. The van der Waals surface area contributed by atoms with Crippen LogP contribution in [-0.2, 0) is 0 Å². The van der Waals surface area contributed by atoms with E-state index in [1.54, 1.807) is 0 Å². The Morgan fingerprint density at radius 3 is 2.17 bits per heavy atom. The summed E-state index contributed by atoms with van der Waals surface area (Å²) < 4.78 is 0. The van der Waals surface area contributed by atoms with E-state index in [9.17, 15) is 0 Å². The molecule has 4 rings (SSSR count). The lowest BCUT2D eigenvalue weighted by molar-refractivity contribution is 0.312. The van der Waals surface area contributed by atoms with Crippen LogP contribution in [0.5, 0.6) is 0 Å². The maximum atomic E-state index is 4.37. The van der Waals surface area contributed by atoms with Crippen molar-refractivity contribution in [2.75, 3.05) is 27.2 Å². The molecule has 4 nitrogen and oxygen atoms in total. The van der Waals surface area contributed by atoms with Crippen molar-refractivity contribution < 1.29 is 0 Å². The van der Waals surface area contributed by atoms with Gasteiger partial charge in [0.25, 0.3) is 0 Å². The highest BCUT2D eigenvalue weighted by Crippen LogP contribution is 2.29. The number of hydrogen-bond donors (Lipinski definition) is 0. The molecule has 0 aliphatic carbocycles. The van der Waals surface area contributed by atoms with Crippen LogP contribution >= 0.6 is 0 Å². The van der Waals surface area contributed by atoms with Crippen LogP contribution in [0.2, 0.25) is 0 Å².